The van der Waals surface area contributed by atoms with Gasteiger partial charge in [-0.05, 0) is 24.5 Å². The van der Waals surface area contributed by atoms with Gasteiger partial charge in [-0.2, -0.15) is 0 Å². The molecule has 0 radical (unpaired) electrons. The summed E-state index contributed by atoms with van der Waals surface area (Å²) in [5.41, 5.74) is 6.25. The molecule has 1 aromatic carbocycles. The van der Waals surface area contributed by atoms with Crippen LogP contribution in [-0.2, 0) is 4.79 Å². The van der Waals surface area contributed by atoms with Gasteiger partial charge in [-0.1, -0.05) is 45.1 Å². The Balaban J connectivity index is 2.60. The van der Waals surface area contributed by atoms with Crippen molar-refractivity contribution in [1.29, 1.82) is 0 Å². The number of nitrogens with one attached hydrogen (secondary N) is 1. The monoisotopic (exact) mass is 294 g/mol. The molecule has 5 heteroatoms. The Morgan fingerprint density at radius 1 is 1.40 bits per heavy atom. The summed E-state index contributed by atoms with van der Waals surface area (Å²) >= 11 is 4.95. The molecule has 1 amide bonds. The van der Waals surface area contributed by atoms with E-state index >= 15 is 0 Å². The fraction of sp³-hybridized carbons (Fsp3) is 0.467. The van der Waals surface area contributed by atoms with Gasteiger partial charge in [0, 0.05) is 6.04 Å². The van der Waals surface area contributed by atoms with Gasteiger partial charge in [0.2, 0.25) is 0 Å². The highest BCUT2D eigenvalue weighted by atomic mass is 32.1. The lowest BCUT2D eigenvalue weighted by atomic mass is 9.88. The summed E-state index contributed by atoms with van der Waals surface area (Å²) in [6.07, 6.45) is 0. The Morgan fingerprint density at radius 2 is 2.00 bits per heavy atom. The van der Waals surface area contributed by atoms with E-state index in [2.05, 4.69) is 26.1 Å². The third kappa shape index (κ3) is 4.81. The van der Waals surface area contributed by atoms with Crippen LogP contribution in [0.1, 0.15) is 33.3 Å². The summed E-state index contributed by atoms with van der Waals surface area (Å²) in [5, 5.41) is 2.91. The zero-order chi connectivity index (χ0) is 15.3. The fourth-order valence-electron chi connectivity index (χ4n) is 1.44. The van der Waals surface area contributed by atoms with Crippen LogP contribution in [0.3, 0.4) is 0 Å². The van der Waals surface area contributed by atoms with E-state index in [1.807, 2.05) is 19.1 Å². The Hall–Kier alpha value is -1.62. The second-order valence-electron chi connectivity index (χ2n) is 5.80. The summed E-state index contributed by atoms with van der Waals surface area (Å²) in [6.45, 7) is 8.13. The third-order valence-electron chi connectivity index (χ3n) is 3.19. The van der Waals surface area contributed by atoms with Crippen LogP contribution in [0.25, 0.3) is 0 Å². The Bertz CT molecular complexity index is 495. The van der Waals surface area contributed by atoms with Crippen molar-refractivity contribution in [3.63, 3.8) is 0 Å². The van der Waals surface area contributed by atoms with Gasteiger partial charge in [-0.25, -0.2) is 0 Å². The number of hydrogen-bond donors (Lipinski definition) is 2. The SMILES string of the molecule is CC(NC(=O)COc1ccccc1C(N)=S)C(C)(C)C. The number of para-hydroxylation sites is 1. The first-order chi connectivity index (χ1) is 9.21. The molecule has 0 spiro atoms. The molecule has 1 atom stereocenters. The topological polar surface area (TPSA) is 64.3 Å². The van der Waals surface area contributed by atoms with E-state index in [1.165, 1.54) is 0 Å². The predicted molar refractivity (Wildman–Crippen MR) is 84.9 cm³/mol. The molecule has 0 heterocycles. The van der Waals surface area contributed by atoms with Gasteiger partial charge in [-0.15, -0.1) is 0 Å². The molecule has 0 saturated heterocycles. The minimum atomic E-state index is -0.162. The van der Waals surface area contributed by atoms with Crippen LogP contribution >= 0.6 is 12.2 Å². The quantitative estimate of drug-likeness (QED) is 0.818. The number of rotatable bonds is 5. The number of benzene rings is 1. The van der Waals surface area contributed by atoms with Gasteiger partial charge in [0.1, 0.15) is 10.7 Å². The van der Waals surface area contributed by atoms with Crippen molar-refractivity contribution < 1.29 is 9.53 Å². The van der Waals surface area contributed by atoms with Crippen molar-refractivity contribution in [2.75, 3.05) is 6.61 Å². The first kappa shape index (κ1) is 16.4. The van der Waals surface area contributed by atoms with Crippen molar-refractivity contribution in [2.24, 2.45) is 11.1 Å². The molecule has 1 aromatic rings. The first-order valence-corrected chi connectivity index (χ1v) is 6.93. The maximum absolute atomic E-state index is 11.9. The first-order valence-electron chi connectivity index (χ1n) is 6.53. The van der Waals surface area contributed by atoms with Crippen LogP contribution in [0.2, 0.25) is 0 Å². The minimum absolute atomic E-state index is 0.00634. The van der Waals surface area contributed by atoms with E-state index in [1.54, 1.807) is 12.1 Å². The molecule has 20 heavy (non-hydrogen) atoms. The highest BCUT2D eigenvalue weighted by Gasteiger charge is 2.21. The van der Waals surface area contributed by atoms with E-state index in [9.17, 15) is 4.79 Å². The summed E-state index contributed by atoms with van der Waals surface area (Å²) in [6, 6.07) is 7.21. The summed E-state index contributed by atoms with van der Waals surface area (Å²) in [4.78, 5) is 12.1. The largest absolute Gasteiger partial charge is 0.483 e. The number of thiocarbonyl (C=S) groups is 1. The maximum atomic E-state index is 11.9. The van der Waals surface area contributed by atoms with Gasteiger partial charge < -0.3 is 15.8 Å². The maximum Gasteiger partial charge on any atom is 0.258 e. The summed E-state index contributed by atoms with van der Waals surface area (Å²) < 4.78 is 5.49. The van der Waals surface area contributed by atoms with E-state index < -0.39 is 0 Å². The van der Waals surface area contributed by atoms with Gasteiger partial charge in [-0.3, -0.25) is 4.79 Å². The van der Waals surface area contributed by atoms with Crippen molar-refractivity contribution >= 4 is 23.1 Å². The van der Waals surface area contributed by atoms with Crippen LogP contribution in [0.15, 0.2) is 24.3 Å². The highest BCUT2D eigenvalue weighted by molar-refractivity contribution is 7.80. The lowest BCUT2D eigenvalue weighted by molar-refractivity contribution is -0.124. The van der Waals surface area contributed by atoms with Crippen molar-refractivity contribution in [3.8, 4) is 5.75 Å². The van der Waals surface area contributed by atoms with Gasteiger partial charge >= 0.3 is 0 Å². The number of ether oxygens (including phenoxy) is 1. The van der Waals surface area contributed by atoms with Crippen LogP contribution < -0.4 is 15.8 Å². The Labute approximate surface area is 125 Å². The average Bonchev–Trinajstić information content (AvgIpc) is 2.35. The molecule has 1 rings (SSSR count). The van der Waals surface area contributed by atoms with Crippen LogP contribution in [0.5, 0.6) is 5.75 Å². The van der Waals surface area contributed by atoms with Gasteiger partial charge in [0.05, 0.1) is 5.56 Å². The second kappa shape index (κ2) is 6.70. The molecule has 0 bridgehead atoms. The fourth-order valence-corrected chi connectivity index (χ4v) is 1.61. The number of carbonyl (C=O) groups excluding carboxylic acids is 1. The number of hydrogen-bond acceptors (Lipinski definition) is 3. The van der Waals surface area contributed by atoms with Crippen LogP contribution in [-0.4, -0.2) is 23.5 Å². The smallest absolute Gasteiger partial charge is 0.258 e. The molecule has 4 nitrogen and oxygen atoms in total. The summed E-state index contributed by atoms with van der Waals surface area (Å²) in [5.74, 6) is 0.365. The lowest BCUT2D eigenvalue weighted by Gasteiger charge is -2.28. The highest BCUT2D eigenvalue weighted by Crippen LogP contribution is 2.19. The number of nitrogens with two attached hydrogens (primary N) is 1. The van der Waals surface area contributed by atoms with E-state index in [-0.39, 0.29) is 29.0 Å². The van der Waals surface area contributed by atoms with E-state index in [0.29, 0.717) is 11.3 Å². The molecule has 1 unspecified atom stereocenters. The zero-order valence-electron chi connectivity index (χ0n) is 12.4. The second-order valence-corrected chi connectivity index (χ2v) is 6.24. The zero-order valence-corrected chi connectivity index (χ0v) is 13.2. The van der Waals surface area contributed by atoms with Crippen molar-refractivity contribution in [2.45, 2.75) is 33.7 Å². The molecule has 0 aliphatic carbocycles. The number of carbonyl (C=O) groups is 1. The average molecular weight is 294 g/mol. The van der Waals surface area contributed by atoms with Crippen molar-refractivity contribution in [3.05, 3.63) is 29.8 Å². The molecule has 0 aromatic heterocycles. The van der Waals surface area contributed by atoms with E-state index in [4.69, 9.17) is 22.7 Å². The minimum Gasteiger partial charge on any atom is -0.483 e. The van der Waals surface area contributed by atoms with Crippen LogP contribution in [0.4, 0.5) is 0 Å². The third-order valence-corrected chi connectivity index (χ3v) is 3.41. The normalized spacial score (nSPS) is 12.6. The molecule has 3 N–H and O–H groups in total. The Morgan fingerprint density at radius 3 is 2.55 bits per heavy atom. The van der Waals surface area contributed by atoms with Gasteiger partial charge in [0.25, 0.3) is 5.91 Å². The van der Waals surface area contributed by atoms with Gasteiger partial charge in [0.15, 0.2) is 6.61 Å². The lowest BCUT2D eigenvalue weighted by Crippen LogP contribution is -2.43. The van der Waals surface area contributed by atoms with E-state index in [0.717, 1.165) is 0 Å². The molecule has 0 aliphatic rings. The Kier molecular flexibility index (Phi) is 5.51. The standard InChI is InChI=1S/C15H22N2O2S/c1-10(15(2,3)4)17-13(18)9-19-12-8-6-5-7-11(12)14(16)20/h5-8,10H,9H2,1-4H3,(H2,16,20)(H,17,18). The van der Waals surface area contributed by atoms with Crippen LogP contribution in [0, 0.1) is 5.41 Å². The number of amides is 1. The molecular weight excluding hydrogens is 272 g/mol. The predicted octanol–water partition coefficient (Wildman–Crippen LogP) is 2.25. The molecule has 0 aliphatic heterocycles. The molecular formula is C15H22N2O2S. The molecule has 110 valence electrons. The molecule has 0 fully saturated rings. The van der Waals surface area contributed by atoms with Crippen molar-refractivity contribution in [1.82, 2.24) is 5.32 Å². The summed E-state index contributed by atoms with van der Waals surface area (Å²) in [7, 11) is 0. The molecule has 0 saturated carbocycles.